The first kappa shape index (κ1) is 17.7. The van der Waals surface area contributed by atoms with Crippen molar-refractivity contribution in [2.45, 2.75) is 6.92 Å². The van der Waals surface area contributed by atoms with Crippen LogP contribution in [0.5, 0.6) is 5.75 Å². The Kier molecular flexibility index (Phi) is 4.72. The maximum atomic E-state index is 13.2. The van der Waals surface area contributed by atoms with Crippen LogP contribution in [0.15, 0.2) is 78.9 Å². The minimum absolute atomic E-state index is 0.222. The molecule has 1 heterocycles. The van der Waals surface area contributed by atoms with E-state index in [1.165, 1.54) is 4.68 Å². The van der Waals surface area contributed by atoms with Crippen LogP contribution in [0.2, 0.25) is 0 Å². The Morgan fingerprint density at radius 2 is 1.68 bits per heavy atom. The van der Waals surface area contributed by atoms with Crippen molar-refractivity contribution in [3.8, 4) is 28.5 Å². The molecule has 4 rings (SSSR count). The van der Waals surface area contributed by atoms with E-state index in [9.17, 15) is 4.79 Å². The van der Waals surface area contributed by atoms with Crippen LogP contribution in [-0.4, -0.2) is 27.8 Å². The SMILES string of the molecule is COc1cccc(-c2nc(-c3ccccc3C)n(C(=O)c3ccccc3)n2)c1. The molecule has 0 atom stereocenters. The normalized spacial score (nSPS) is 10.6. The third-order valence-electron chi connectivity index (χ3n) is 4.53. The van der Waals surface area contributed by atoms with Crippen molar-refractivity contribution in [1.29, 1.82) is 0 Å². The monoisotopic (exact) mass is 369 g/mol. The second-order valence-electron chi connectivity index (χ2n) is 6.39. The molecule has 0 fully saturated rings. The van der Waals surface area contributed by atoms with Gasteiger partial charge in [0, 0.05) is 16.7 Å². The number of nitrogens with zero attached hydrogens (tertiary/aromatic N) is 3. The molecule has 28 heavy (non-hydrogen) atoms. The first-order valence-corrected chi connectivity index (χ1v) is 8.94. The summed E-state index contributed by atoms with van der Waals surface area (Å²) < 4.78 is 6.69. The van der Waals surface area contributed by atoms with Crippen LogP contribution in [0.25, 0.3) is 22.8 Å². The van der Waals surface area contributed by atoms with Crippen LogP contribution in [0.3, 0.4) is 0 Å². The summed E-state index contributed by atoms with van der Waals surface area (Å²) >= 11 is 0. The van der Waals surface area contributed by atoms with E-state index in [0.29, 0.717) is 23.0 Å². The number of aryl methyl sites for hydroxylation is 1. The first-order valence-electron chi connectivity index (χ1n) is 8.94. The summed E-state index contributed by atoms with van der Waals surface area (Å²) in [5.41, 5.74) is 3.23. The van der Waals surface area contributed by atoms with Crippen LogP contribution >= 0.6 is 0 Å². The Bertz CT molecular complexity index is 1130. The van der Waals surface area contributed by atoms with E-state index in [-0.39, 0.29) is 5.91 Å². The maximum absolute atomic E-state index is 13.2. The fourth-order valence-electron chi connectivity index (χ4n) is 3.04. The predicted octanol–water partition coefficient (Wildman–Crippen LogP) is 4.62. The van der Waals surface area contributed by atoms with Crippen molar-refractivity contribution in [2.24, 2.45) is 0 Å². The van der Waals surface area contributed by atoms with E-state index in [1.54, 1.807) is 19.2 Å². The molecule has 0 aliphatic heterocycles. The van der Waals surface area contributed by atoms with E-state index >= 15 is 0 Å². The zero-order valence-electron chi connectivity index (χ0n) is 15.7. The molecule has 0 amide bonds. The van der Waals surface area contributed by atoms with Gasteiger partial charge >= 0.3 is 0 Å². The lowest BCUT2D eigenvalue weighted by Gasteiger charge is -2.07. The maximum Gasteiger partial charge on any atom is 0.280 e. The van der Waals surface area contributed by atoms with Gasteiger partial charge in [-0.1, -0.05) is 54.6 Å². The van der Waals surface area contributed by atoms with Gasteiger partial charge in [0.1, 0.15) is 5.75 Å². The molecule has 0 saturated carbocycles. The number of rotatable bonds is 4. The molecule has 0 saturated heterocycles. The molecule has 4 aromatic rings. The molecule has 3 aromatic carbocycles. The molecule has 0 bridgehead atoms. The van der Waals surface area contributed by atoms with E-state index in [1.807, 2.05) is 73.7 Å². The lowest BCUT2D eigenvalue weighted by Crippen LogP contribution is -2.15. The molecule has 1 aromatic heterocycles. The number of carbonyl (C=O) groups is 1. The van der Waals surface area contributed by atoms with Gasteiger partial charge in [-0.15, -0.1) is 5.10 Å². The number of hydrogen-bond acceptors (Lipinski definition) is 4. The van der Waals surface area contributed by atoms with Gasteiger partial charge < -0.3 is 4.74 Å². The van der Waals surface area contributed by atoms with Gasteiger partial charge in [-0.25, -0.2) is 4.98 Å². The topological polar surface area (TPSA) is 57.0 Å². The number of ether oxygens (including phenoxy) is 1. The van der Waals surface area contributed by atoms with Crippen LogP contribution in [0.4, 0.5) is 0 Å². The van der Waals surface area contributed by atoms with Crippen molar-refractivity contribution in [1.82, 2.24) is 14.8 Å². The summed E-state index contributed by atoms with van der Waals surface area (Å²) in [7, 11) is 1.61. The van der Waals surface area contributed by atoms with Gasteiger partial charge in [-0.05, 0) is 36.8 Å². The van der Waals surface area contributed by atoms with Crippen molar-refractivity contribution in [3.05, 3.63) is 90.0 Å². The summed E-state index contributed by atoms with van der Waals surface area (Å²) in [6.07, 6.45) is 0. The summed E-state index contributed by atoms with van der Waals surface area (Å²) in [6.45, 7) is 1.99. The lowest BCUT2D eigenvalue weighted by molar-refractivity contribution is 0.0947. The van der Waals surface area contributed by atoms with E-state index in [0.717, 1.165) is 16.7 Å². The first-order chi connectivity index (χ1) is 13.7. The minimum atomic E-state index is -0.222. The largest absolute Gasteiger partial charge is 0.497 e. The summed E-state index contributed by atoms with van der Waals surface area (Å²) in [6, 6.07) is 24.4. The molecule has 138 valence electrons. The Labute approximate surface area is 163 Å². The quantitative estimate of drug-likeness (QED) is 0.527. The van der Waals surface area contributed by atoms with Crippen LogP contribution in [0.1, 0.15) is 15.9 Å². The van der Waals surface area contributed by atoms with E-state index < -0.39 is 0 Å². The zero-order chi connectivity index (χ0) is 19.5. The number of hydrogen-bond donors (Lipinski definition) is 0. The number of methoxy groups -OCH3 is 1. The average molecular weight is 369 g/mol. The van der Waals surface area contributed by atoms with Gasteiger partial charge in [-0.2, -0.15) is 4.68 Å². The molecule has 0 radical (unpaired) electrons. The Morgan fingerprint density at radius 3 is 2.43 bits per heavy atom. The van der Waals surface area contributed by atoms with Crippen molar-refractivity contribution in [3.63, 3.8) is 0 Å². The second kappa shape index (κ2) is 7.48. The third kappa shape index (κ3) is 3.30. The van der Waals surface area contributed by atoms with Gasteiger partial charge in [0.05, 0.1) is 7.11 Å². The summed E-state index contributed by atoms with van der Waals surface area (Å²) in [5, 5.41) is 4.55. The van der Waals surface area contributed by atoms with Gasteiger partial charge in [0.2, 0.25) is 0 Å². The highest BCUT2D eigenvalue weighted by molar-refractivity contribution is 5.97. The standard InChI is InChI=1S/C23H19N3O2/c1-16-9-6-7-14-20(16)22-24-21(18-12-8-13-19(15-18)28-2)25-26(22)23(27)17-10-4-3-5-11-17/h3-15H,1-2H3. The molecule has 0 N–H and O–H groups in total. The van der Waals surface area contributed by atoms with Crippen LogP contribution < -0.4 is 4.74 Å². The number of carbonyl (C=O) groups excluding carboxylic acids is 1. The highest BCUT2D eigenvalue weighted by Gasteiger charge is 2.21. The fourth-order valence-corrected chi connectivity index (χ4v) is 3.04. The van der Waals surface area contributed by atoms with Crippen LogP contribution in [0, 0.1) is 6.92 Å². The molecular weight excluding hydrogens is 350 g/mol. The highest BCUT2D eigenvalue weighted by Crippen LogP contribution is 2.27. The molecule has 0 aliphatic rings. The summed E-state index contributed by atoms with van der Waals surface area (Å²) in [5.74, 6) is 1.48. The lowest BCUT2D eigenvalue weighted by atomic mass is 10.1. The van der Waals surface area contributed by atoms with Crippen molar-refractivity contribution < 1.29 is 9.53 Å². The van der Waals surface area contributed by atoms with Crippen molar-refractivity contribution >= 4 is 5.91 Å². The smallest absolute Gasteiger partial charge is 0.280 e. The van der Waals surface area contributed by atoms with Crippen LogP contribution in [-0.2, 0) is 0 Å². The Balaban J connectivity index is 1.89. The molecule has 5 nitrogen and oxygen atoms in total. The average Bonchev–Trinajstić information content (AvgIpc) is 3.19. The Morgan fingerprint density at radius 1 is 0.929 bits per heavy atom. The minimum Gasteiger partial charge on any atom is -0.497 e. The van der Waals surface area contributed by atoms with E-state index in [2.05, 4.69) is 5.10 Å². The third-order valence-corrected chi connectivity index (χ3v) is 4.53. The van der Waals surface area contributed by atoms with Gasteiger partial charge in [-0.3, -0.25) is 4.79 Å². The molecule has 5 heteroatoms. The van der Waals surface area contributed by atoms with Gasteiger partial charge in [0.25, 0.3) is 5.91 Å². The van der Waals surface area contributed by atoms with Crippen molar-refractivity contribution in [2.75, 3.05) is 7.11 Å². The highest BCUT2D eigenvalue weighted by atomic mass is 16.5. The molecule has 0 unspecified atom stereocenters. The van der Waals surface area contributed by atoms with E-state index in [4.69, 9.17) is 9.72 Å². The number of benzene rings is 3. The molecular formula is C23H19N3O2. The zero-order valence-corrected chi connectivity index (χ0v) is 15.7. The predicted molar refractivity (Wildman–Crippen MR) is 108 cm³/mol. The molecule has 0 aliphatic carbocycles. The summed E-state index contributed by atoms with van der Waals surface area (Å²) in [4.78, 5) is 17.9. The van der Waals surface area contributed by atoms with Gasteiger partial charge in [0.15, 0.2) is 11.6 Å². The second-order valence-corrected chi connectivity index (χ2v) is 6.39. The fraction of sp³-hybridized carbons (Fsp3) is 0.0870. The Hall–Kier alpha value is -3.73. The molecule has 0 spiro atoms. The number of aromatic nitrogens is 3.